The number of carboxylic acids is 1. The second-order valence-corrected chi connectivity index (χ2v) is 8.46. The smallest absolute Gasteiger partial charge is 0.354 e. The summed E-state index contributed by atoms with van der Waals surface area (Å²) in [6.45, 7) is 6.65. The van der Waals surface area contributed by atoms with Crippen LogP contribution in [0.15, 0.2) is 53.7 Å². The van der Waals surface area contributed by atoms with E-state index >= 15 is 0 Å². The van der Waals surface area contributed by atoms with Crippen LogP contribution in [0.3, 0.4) is 0 Å². The number of aryl methyl sites for hydroxylation is 1. The van der Waals surface area contributed by atoms with Crippen LogP contribution in [-0.2, 0) is 6.54 Å². The number of carbonyl (C=O) groups is 1. The highest BCUT2D eigenvalue weighted by molar-refractivity contribution is 6.03. The lowest BCUT2D eigenvalue weighted by Gasteiger charge is -2.16. The van der Waals surface area contributed by atoms with Crippen molar-refractivity contribution in [2.75, 3.05) is 0 Å². The highest BCUT2D eigenvalue weighted by Gasteiger charge is 2.25. The number of hydrogen-bond donors (Lipinski definition) is 1. The first-order valence-electron chi connectivity index (χ1n) is 10.5. The molecule has 0 saturated carbocycles. The van der Waals surface area contributed by atoms with Crippen molar-refractivity contribution in [2.24, 2.45) is 4.99 Å². The standard InChI is InChI=1S/C26H22FN3O2/c1-14(2)25-23(18-8-15(3)24(26(31)32)29-13-18)21-9-16-11-28-12-17(16)10-22(21)30(25)20-6-4-19(27)5-7-20/h4-10,12-14H,11H2,1-3H3,(H,31,32). The Kier molecular flexibility index (Phi) is 4.66. The molecule has 1 aliphatic rings. The summed E-state index contributed by atoms with van der Waals surface area (Å²) in [5.74, 6) is -1.18. The Morgan fingerprint density at radius 3 is 2.56 bits per heavy atom. The number of hydrogen-bond acceptors (Lipinski definition) is 3. The number of nitrogens with zero attached hydrogens (tertiary/aromatic N) is 3. The summed E-state index contributed by atoms with van der Waals surface area (Å²) in [5, 5.41) is 10.5. The first kappa shape index (κ1) is 20.1. The average molecular weight is 427 g/mol. The maximum Gasteiger partial charge on any atom is 0.354 e. The summed E-state index contributed by atoms with van der Waals surface area (Å²) in [4.78, 5) is 20.1. The molecule has 0 spiro atoms. The van der Waals surface area contributed by atoms with Crippen LogP contribution in [0.1, 0.15) is 52.6 Å². The van der Waals surface area contributed by atoms with Crippen LogP contribution < -0.4 is 0 Å². The lowest BCUT2D eigenvalue weighted by molar-refractivity contribution is 0.0689. The number of aromatic carboxylic acids is 1. The Balaban J connectivity index is 1.89. The van der Waals surface area contributed by atoms with Gasteiger partial charge in [-0.1, -0.05) is 13.8 Å². The van der Waals surface area contributed by atoms with Crippen molar-refractivity contribution in [1.82, 2.24) is 9.55 Å². The molecular weight excluding hydrogens is 405 g/mol. The predicted molar refractivity (Wildman–Crippen MR) is 124 cm³/mol. The van der Waals surface area contributed by atoms with E-state index in [2.05, 4.69) is 40.5 Å². The van der Waals surface area contributed by atoms with Crippen molar-refractivity contribution in [3.05, 3.63) is 82.6 Å². The molecule has 0 bridgehead atoms. The Morgan fingerprint density at radius 1 is 1.16 bits per heavy atom. The third-order valence-corrected chi connectivity index (χ3v) is 5.96. The second kappa shape index (κ2) is 7.41. The Labute approximate surface area is 184 Å². The molecule has 0 atom stereocenters. The first-order chi connectivity index (χ1) is 15.3. The van der Waals surface area contributed by atoms with Crippen LogP contribution in [-0.4, -0.2) is 26.8 Å². The van der Waals surface area contributed by atoms with E-state index in [1.54, 1.807) is 25.3 Å². The van der Waals surface area contributed by atoms with Gasteiger partial charge in [-0.15, -0.1) is 0 Å². The maximum absolute atomic E-state index is 13.7. The summed E-state index contributed by atoms with van der Waals surface area (Å²) >= 11 is 0. The van der Waals surface area contributed by atoms with Gasteiger partial charge >= 0.3 is 5.97 Å². The monoisotopic (exact) mass is 427 g/mol. The van der Waals surface area contributed by atoms with Gasteiger partial charge in [0.05, 0.1) is 12.1 Å². The van der Waals surface area contributed by atoms with Gasteiger partial charge in [0.15, 0.2) is 5.69 Å². The van der Waals surface area contributed by atoms with Crippen molar-refractivity contribution in [2.45, 2.75) is 33.2 Å². The third-order valence-electron chi connectivity index (χ3n) is 5.96. The number of halogens is 1. The van der Waals surface area contributed by atoms with Crippen molar-refractivity contribution < 1.29 is 14.3 Å². The summed E-state index contributed by atoms with van der Waals surface area (Å²) in [7, 11) is 0. The predicted octanol–water partition coefficient (Wildman–Crippen LogP) is 5.89. The van der Waals surface area contributed by atoms with E-state index in [-0.39, 0.29) is 17.4 Å². The van der Waals surface area contributed by atoms with Crippen LogP contribution in [0, 0.1) is 12.7 Å². The number of pyridine rings is 1. The molecule has 6 heteroatoms. The zero-order valence-electron chi connectivity index (χ0n) is 18.1. The fourth-order valence-corrected chi connectivity index (χ4v) is 4.57. The fourth-order valence-electron chi connectivity index (χ4n) is 4.57. The van der Waals surface area contributed by atoms with E-state index in [0.29, 0.717) is 12.1 Å². The van der Waals surface area contributed by atoms with Crippen molar-refractivity contribution in [1.29, 1.82) is 0 Å². The highest BCUT2D eigenvalue weighted by atomic mass is 19.1. The minimum absolute atomic E-state index is 0.0522. The van der Waals surface area contributed by atoms with Gasteiger partial charge in [-0.25, -0.2) is 14.2 Å². The molecule has 0 saturated heterocycles. The van der Waals surface area contributed by atoms with E-state index in [1.807, 2.05) is 12.3 Å². The zero-order chi connectivity index (χ0) is 22.6. The first-order valence-corrected chi connectivity index (χ1v) is 10.5. The fraction of sp³-hybridized carbons (Fsp3) is 0.192. The van der Waals surface area contributed by atoms with Crippen molar-refractivity contribution in [3.8, 4) is 16.8 Å². The topological polar surface area (TPSA) is 67.5 Å². The van der Waals surface area contributed by atoms with Gasteiger partial charge in [-0.3, -0.25) is 4.99 Å². The highest BCUT2D eigenvalue weighted by Crippen LogP contribution is 2.42. The number of carboxylic acid groups (broad SMARTS) is 1. The molecule has 0 unspecified atom stereocenters. The molecule has 4 aromatic rings. The van der Waals surface area contributed by atoms with Crippen LogP contribution in [0.2, 0.25) is 0 Å². The molecule has 0 radical (unpaired) electrons. The van der Waals surface area contributed by atoms with Crippen LogP contribution in [0.4, 0.5) is 4.39 Å². The van der Waals surface area contributed by atoms with E-state index in [4.69, 9.17) is 0 Å². The molecule has 3 heterocycles. The molecule has 1 aliphatic heterocycles. The van der Waals surface area contributed by atoms with Gasteiger partial charge in [0, 0.05) is 40.3 Å². The number of benzene rings is 2. The molecule has 5 nitrogen and oxygen atoms in total. The van der Waals surface area contributed by atoms with Crippen LogP contribution in [0.25, 0.3) is 27.7 Å². The lowest BCUT2D eigenvalue weighted by Crippen LogP contribution is -2.05. The van der Waals surface area contributed by atoms with E-state index in [9.17, 15) is 14.3 Å². The molecular formula is C26H22FN3O2. The van der Waals surface area contributed by atoms with Gasteiger partial charge in [0.25, 0.3) is 0 Å². The third kappa shape index (κ3) is 3.11. The Morgan fingerprint density at radius 2 is 1.91 bits per heavy atom. The van der Waals surface area contributed by atoms with Gasteiger partial charge in [-0.2, -0.15) is 0 Å². The quantitative estimate of drug-likeness (QED) is 0.441. The minimum atomic E-state index is -1.04. The molecule has 1 N–H and O–H groups in total. The zero-order valence-corrected chi connectivity index (χ0v) is 18.1. The maximum atomic E-state index is 13.7. The molecule has 0 aliphatic carbocycles. The van der Waals surface area contributed by atoms with Crippen LogP contribution in [0.5, 0.6) is 0 Å². The van der Waals surface area contributed by atoms with Gasteiger partial charge in [0.1, 0.15) is 5.82 Å². The number of aromatic nitrogens is 2. The van der Waals surface area contributed by atoms with Gasteiger partial charge in [-0.05, 0) is 72.0 Å². The lowest BCUT2D eigenvalue weighted by atomic mass is 9.95. The van der Waals surface area contributed by atoms with E-state index in [1.165, 1.54) is 12.1 Å². The van der Waals surface area contributed by atoms with Crippen molar-refractivity contribution in [3.63, 3.8) is 0 Å². The summed E-state index contributed by atoms with van der Waals surface area (Å²) in [6.07, 6.45) is 3.52. The van der Waals surface area contributed by atoms with E-state index in [0.717, 1.165) is 44.5 Å². The normalized spacial score (nSPS) is 12.7. The Bertz CT molecular complexity index is 1420. The second-order valence-electron chi connectivity index (χ2n) is 8.46. The molecule has 5 rings (SSSR count). The molecule has 0 amide bonds. The summed E-state index contributed by atoms with van der Waals surface area (Å²) < 4.78 is 15.9. The van der Waals surface area contributed by atoms with Crippen molar-refractivity contribution >= 4 is 23.1 Å². The van der Waals surface area contributed by atoms with Gasteiger partial charge < -0.3 is 9.67 Å². The van der Waals surface area contributed by atoms with Gasteiger partial charge in [0.2, 0.25) is 0 Å². The summed E-state index contributed by atoms with van der Waals surface area (Å²) in [5.41, 5.74) is 7.70. The summed E-state index contributed by atoms with van der Waals surface area (Å²) in [6, 6.07) is 12.7. The number of rotatable bonds is 4. The van der Waals surface area contributed by atoms with Crippen LogP contribution >= 0.6 is 0 Å². The molecule has 160 valence electrons. The number of fused-ring (bicyclic) bond motifs is 2. The largest absolute Gasteiger partial charge is 0.477 e. The Hall–Kier alpha value is -3.80. The molecule has 0 fully saturated rings. The SMILES string of the molecule is Cc1cc(-c2c(C(C)C)n(-c3ccc(F)cc3)c3cc4c(cc23)CN=C4)cnc1C(=O)O. The minimum Gasteiger partial charge on any atom is -0.477 e. The number of aliphatic imine (C=N–C) groups is 1. The molecule has 2 aromatic carbocycles. The molecule has 2 aromatic heterocycles. The molecule has 32 heavy (non-hydrogen) atoms. The average Bonchev–Trinajstić information content (AvgIpc) is 3.34. The van der Waals surface area contributed by atoms with E-state index < -0.39 is 5.97 Å².